The summed E-state index contributed by atoms with van der Waals surface area (Å²) >= 11 is 5.65. The van der Waals surface area contributed by atoms with Crippen LogP contribution in [-0.4, -0.2) is 20.9 Å². The van der Waals surface area contributed by atoms with Crippen molar-refractivity contribution in [1.82, 2.24) is 0 Å². The van der Waals surface area contributed by atoms with Gasteiger partial charge in [-0.05, 0) is 42.5 Å². The van der Waals surface area contributed by atoms with Gasteiger partial charge >= 0.3 is 0 Å². The second-order valence-electron chi connectivity index (χ2n) is 4.53. The molecule has 0 fully saturated rings. The highest BCUT2D eigenvalue weighted by molar-refractivity contribution is 7.92. The van der Waals surface area contributed by atoms with Gasteiger partial charge in [-0.2, -0.15) is 0 Å². The van der Waals surface area contributed by atoms with E-state index in [1.165, 1.54) is 0 Å². The Labute approximate surface area is 136 Å². The van der Waals surface area contributed by atoms with E-state index in [9.17, 15) is 22.0 Å². The summed E-state index contributed by atoms with van der Waals surface area (Å²) in [5, 5.41) is -0.314. The summed E-state index contributed by atoms with van der Waals surface area (Å²) in [7, 11) is -4.21. The van der Waals surface area contributed by atoms with Crippen LogP contribution in [0.15, 0.2) is 47.4 Å². The summed E-state index contributed by atoms with van der Waals surface area (Å²) in [5.41, 5.74) is 5.04. The highest BCUT2D eigenvalue weighted by atomic mass is 35.5. The number of sulfonamides is 1. The van der Waals surface area contributed by atoms with Crippen LogP contribution in [0, 0.1) is 11.6 Å². The number of hydrogen-bond donors (Lipinski definition) is 1. The Balaban J connectivity index is 2.55. The van der Waals surface area contributed by atoms with Gasteiger partial charge in [0.15, 0.2) is 0 Å². The van der Waals surface area contributed by atoms with Gasteiger partial charge in [0.05, 0.1) is 15.6 Å². The fraction of sp³-hybridized carbons (Fsp3) is 0.0714. The van der Waals surface area contributed by atoms with E-state index in [-0.39, 0.29) is 15.6 Å². The second-order valence-corrected chi connectivity index (χ2v) is 6.80. The molecule has 2 rings (SSSR count). The molecule has 23 heavy (non-hydrogen) atoms. The Morgan fingerprint density at radius 3 is 2.26 bits per heavy atom. The van der Waals surface area contributed by atoms with E-state index < -0.39 is 34.1 Å². The van der Waals surface area contributed by atoms with Gasteiger partial charge in [-0.1, -0.05) is 11.6 Å². The van der Waals surface area contributed by atoms with Crippen molar-refractivity contribution in [2.45, 2.75) is 4.90 Å². The Bertz CT molecular complexity index is 842. The van der Waals surface area contributed by atoms with Gasteiger partial charge in [-0.3, -0.25) is 9.10 Å². The molecule has 122 valence electrons. The lowest BCUT2D eigenvalue weighted by molar-refractivity contribution is -0.116. The SMILES string of the molecule is NC(=O)CN(c1ccc(F)c(Cl)c1)S(=O)(=O)c1ccc(F)cc1. The number of carbonyl (C=O) groups is 1. The minimum atomic E-state index is -4.21. The van der Waals surface area contributed by atoms with E-state index in [4.69, 9.17) is 17.3 Å². The topological polar surface area (TPSA) is 80.5 Å². The molecule has 0 aliphatic carbocycles. The number of halogens is 3. The molecule has 0 heterocycles. The highest BCUT2D eigenvalue weighted by Crippen LogP contribution is 2.27. The molecular formula is C14H11ClF2N2O3S. The molecule has 1 amide bonds. The Morgan fingerprint density at radius 1 is 1.13 bits per heavy atom. The molecule has 2 N–H and O–H groups in total. The van der Waals surface area contributed by atoms with Gasteiger partial charge in [-0.25, -0.2) is 17.2 Å². The molecule has 0 aliphatic heterocycles. The van der Waals surface area contributed by atoms with Crippen LogP contribution in [0.4, 0.5) is 14.5 Å². The fourth-order valence-electron chi connectivity index (χ4n) is 1.83. The lowest BCUT2D eigenvalue weighted by Crippen LogP contribution is -2.38. The Hall–Kier alpha value is -2.19. The molecule has 0 bridgehead atoms. The second kappa shape index (κ2) is 6.51. The normalized spacial score (nSPS) is 11.3. The van der Waals surface area contributed by atoms with Crippen LogP contribution in [0.2, 0.25) is 5.02 Å². The van der Waals surface area contributed by atoms with Crippen molar-refractivity contribution in [3.05, 3.63) is 59.1 Å². The number of nitrogens with zero attached hydrogens (tertiary/aromatic N) is 1. The average molecular weight is 361 g/mol. The average Bonchev–Trinajstić information content (AvgIpc) is 2.48. The number of hydrogen-bond acceptors (Lipinski definition) is 3. The smallest absolute Gasteiger partial charge is 0.264 e. The van der Waals surface area contributed by atoms with Crippen molar-refractivity contribution in [2.24, 2.45) is 5.73 Å². The van der Waals surface area contributed by atoms with Crippen LogP contribution in [0.5, 0.6) is 0 Å². The van der Waals surface area contributed by atoms with E-state index in [1.807, 2.05) is 0 Å². The summed E-state index contributed by atoms with van der Waals surface area (Å²) < 4.78 is 52.2. The third-order valence-electron chi connectivity index (χ3n) is 2.89. The predicted molar refractivity (Wildman–Crippen MR) is 81.5 cm³/mol. The van der Waals surface area contributed by atoms with E-state index in [2.05, 4.69) is 0 Å². The van der Waals surface area contributed by atoms with Crippen LogP contribution in [-0.2, 0) is 14.8 Å². The van der Waals surface area contributed by atoms with E-state index in [1.54, 1.807) is 0 Å². The largest absolute Gasteiger partial charge is 0.368 e. The molecule has 0 aromatic heterocycles. The summed E-state index contributed by atoms with van der Waals surface area (Å²) in [6.07, 6.45) is 0. The van der Waals surface area contributed by atoms with Gasteiger partial charge in [-0.15, -0.1) is 0 Å². The summed E-state index contributed by atoms with van der Waals surface area (Å²) in [4.78, 5) is 11.0. The molecule has 0 aliphatic rings. The van der Waals surface area contributed by atoms with Gasteiger partial charge in [0.1, 0.15) is 18.2 Å². The van der Waals surface area contributed by atoms with Crippen molar-refractivity contribution in [3.8, 4) is 0 Å². The first-order valence-corrected chi connectivity index (χ1v) is 8.05. The number of primary amides is 1. The first-order valence-electron chi connectivity index (χ1n) is 6.23. The Kier molecular flexibility index (Phi) is 4.86. The van der Waals surface area contributed by atoms with E-state index in [0.717, 1.165) is 42.5 Å². The van der Waals surface area contributed by atoms with Crippen molar-refractivity contribution in [3.63, 3.8) is 0 Å². The summed E-state index contributed by atoms with van der Waals surface area (Å²) in [5.74, 6) is -2.28. The maximum atomic E-state index is 13.3. The van der Waals surface area contributed by atoms with Gasteiger partial charge in [0, 0.05) is 0 Å². The minimum Gasteiger partial charge on any atom is -0.368 e. The zero-order chi connectivity index (χ0) is 17.2. The Morgan fingerprint density at radius 2 is 1.74 bits per heavy atom. The van der Waals surface area contributed by atoms with Crippen LogP contribution in [0.3, 0.4) is 0 Å². The highest BCUT2D eigenvalue weighted by Gasteiger charge is 2.27. The van der Waals surface area contributed by atoms with Crippen molar-refractivity contribution >= 4 is 33.2 Å². The number of anilines is 1. The minimum absolute atomic E-state index is 0.0421. The van der Waals surface area contributed by atoms with Gasteiger partial charge in [0.25, 0.3) is 10.0 Å². The molecule has 5 nitrogen and oxygen atoms in total. The molecule has 2 aromatic carbocycles. The lowest BCUT2D eigenvalue weighted by Gasteiger charge is -2.23. The molecule has 0 saturated heterocycles. The van der Waals surface area contributed by atoms with Gasteiger partial charge < -0.3 is 5.73 Å². The van der Waals surface area contributed by atoms with Crippen LogP contribution in [0.25, 0.3) is 0 Å². The lowest BCUT2D eigenvalue weighted by atomic mass is 10.3. The molecule has 0 unspecified atom stereocenters. The van der Waals surface area contributed by atoms with Crippen molar-refractivity contribution in [2.75, 3.05) is 10.8 Å². The first kappa shape index (κ1) is 17.2. The molecule has 0 radical (unpaired) electrons. The van der Waals surface area contributed by atoms with Gasteiger partial charge in [0.2, 0.25) is 5.91 Å². The molecule has 0 atom stereocenters. The van der Waals surface area contributed by atoms with Crippen molar-refractivity contribution in [1.29, 1.82) is 0 Å². The maximum absolute atomic E-state index is 13.3. The number of rotatable bonds is 5. The quantitative estimate of drug-likeness (QED) is 0.888. The van der Waals surface area contributed by atoms with Crippen LogP contribution < -0.4 is 10.0 Å². The van der Waals surface area contributed by atoms with E-state index in [0.29, 0.717) is 4.31 Å². The monoisotopic (exact) mass is 360 g/mol. The summed E-state index contributed by atoms with van der Waals surface area (Å²) in [6.45, 7) is -0.679. The standard InChI is InChI=1S/C14H11ClF2N2O3S/c15-12-7-10(3-6-13(12)17)19(8-14(18)20)23(21,22)11-4-1-9(16)2-5-11/h1-7H,8H2,(H2,18,20). The number of benzene rings is 2. The zero-order valence-corrected chi connectivity index (χ0v) is 13.1. The zero-order valence-electron chi connectivity index (χ0n) is 11.5. The predicted octanol–water partition coefficient (Wildman–Crippen LogP) is 2.30. The third-order valence-corrected chi connectivity index (χ3v) is 4.97. The van der Waals surface area contributed by atoms with E-state index >= 15 is 0 Å². The van der Waals surface area contributed by atoms with Crippen molar-refractivity contribution < 1.29 is 22.0 Å². The first-order chi connectivity index (χ1) is 10.7. The van der Waals surface area contributed by atoms with Crippen LogP contribution >= 0.6 is 11.6 Å². The number of nitrogens with two attached hydrogens (primary N) is 1. The molecular weight excluding hydrogens is 350 g/mol. The molecule has 0 saturated carbocycles. The molecule has 9 heteroatoms. The maximum Gasteiger partial charge on any atom is 0.264 e. The van der Waals surface area contributed by atoms with Crippen LogP contribution in [0.1, 0.15) is 0 Å². The third kappa shape index (κ3) is 3.77. The fourth-order valence-corrected chi connectivity index (χ4v) is 3.43. The summed E-state index contributed by atoms with van der Waals surface area (Å²) in [6, 6.07) is 7.19. The molecule has 2 aromatic rings. The number of amides is 1. The number of carbonyl (C=O) groups excluding carboxylic acids is 1. The molecule has 0 spiro atoms.